The average Bonchev–Trinajstić information content (AvgIpc) is 3.05. The van der Waals surface area contributed by atoms with Gasteiger partial charge in [0.15, 0.2) is 0 Å². The van der Waals surface area contributed by atoms with Crippen molar-refractivity contribution in [1.29, 1.82) is 0 Å². The van der Waals surface area contributed by atoms with Gasteiger partial charge in [0, 0.05) is 18.7 Å². The molecule has 2 aromatic carbocycles. The minimum absolute atomic E-state index is 0.0349. The van der Waals surface area contributed by atoms with Crippen molar-refractivity contribution in [1.82, 2.24) is 4.90 Å². The zero-order chi connectivity index (χ0) is 18.3. The number of aliphatic hydroxyl groups excluding tert-OH is 2. The summed E-state index contributed by atoms with van der Waals surface area (Å²) in [5.41, 5.74) is 2.34. The number of fused-ring (bicyclic) bond motifs is 1. The Balaban J connectivity index is 1.52. The third kappa shape index (κ3) is 3.24. The maximum Gasteiger partial charge on any atom is 0.253 e. The van der Waals surface area contributed by atoms with Crippen LogP contribution in [0.25, 0.3) is 11.1 Å². The van der Waals surface area contributed by atoms with Gasteiger partial charge in [0.2, 0.25) is 0 Å². The van der Waals surface area contributed by atoms with Crippen LogP contribution in [0.15, 0.2) is 48.5 Å². The SMILES string of the molecule is O=C(c1cccc(-c2ccc(F)cc2)c1)N1C[C@H]2C[C@H](O)[C@H](O)C[C@H]2C1. The van der Waals surface area contributed by atoms with E-state index < -0.39 is 12.2 Å². The third-order valence-corrected chi connectivity index (χ3v) is 5.68. The Labute approximate surface area is 151 Å². The van der Waals surface area contributed by atoms with Gasteiger partial charge in [-0.15, -0.1) is 0 Å². The smallest absolute Gasteiger partial charge is 0.253 e. The number of hydrogen-bond acceptors (Lipinski definition) is 3. The molecule has 0 spiro atoms. The van der Waals surface area contributed by atoms with Crippen LogP contribution in [0.2, 0.25) is 0 Å². The van der Waals surface area contributed by atoms with Crippen molar-refractivity contribution in [3.05, 3.63) is 59.9 Å². The Kier molecular flexibility index (Phi) is 4.51. The second-order valence-electron chi connectivity index (χ2n) is 7.42. The van der Waals surface area contributed by atoms with Crippen LogP contribution in [0.1, 0.15) is 23.2 Å². The van der Waals surface area contributed by atoms with Crippen LogP contribution in [0, 0.1) is 17.7 Å². The van der Waals surface area contributed by atoms with E-state index in [4.69, 9.17) is 0 Å². The molecule has 0 unspecified atom stereocenters. The van der Waals surface area contributed by atoms with Crippen molar-refractivity contribution in [2.24, 2.45) is 11.8 Å². The summed E-state index contributed by atoms with van der Waals surface area (Å²) in [5.74, 6) is 0.174. The molecule has 0 bridgehead atoms. The number of nitrogens with zero attached hydrogens (tertiary/aromatic N) is 1. The summed E-state index contributed by atoms with van der Waals surface area (Å²) in [6, 6.07) is 13.6. The minimum Gasteiger partial charge on any atom is -0.390 e. The molecule has 4 rings (SSSR count). The molecule has 2 fully saturated rings. The van der Waals surface area contributed by atoms with Gasteiger partial charge in [0.1, 0.15) is 5.82 Å². The highest BCUT2D eigenvalue weighted by atomic mass is 19.1. The largest absolute Gasteiger partial charge is 0.390 e. The monoisotopic (exact) mass is 355 g/mol. The van der Waals surface area contributed by atoms with Gasteiger partial charge in [-0.3, -0.25) is 4.79 Å². The molecule has 5 heteroatoms. The first kappa shape index (κ1) is 17.2. The predicted molar refractivity (Wildman–Crippen MR) is 96.0 cm³/mol. The predicted octanol–water partition coefficient (Wildman–Crippen LogP) is 2.70. The average molecular weight is 355 g/mol. The Hall–Kier alpha value is -2.24. The van der Waals surface area contributed by atoms with Gasteiger partial charge in [-0.1, -0.05) is 24.3 Å². The molecule has 2 aromatic rings. The normalized spacial score (nSPS) is 28.0. The van der Waals surface area contributed by atoms with Crippen molar-refractivity contribution in [2.75, 3.05) is 13.1 Å². The van der Waals surface area contributed by atoms with E-state index in [1.54, 1.807) is 18.2 Å². The van der Waals surface area contributed by atoms with E-state index in [0.717, 1.165) is 11.1 Å². The molecule has 1 aliphatic heterocycles. The lowest BCUT2D eigenvalue weighted by Crippen LogP contribution is -2.38. The van der Waals surface area contributed by atoms with E-state index in [2.05, 4.69) is 0 Å². The number of halogens is 1. The van der Waals surface area contributed by atoms with Gasteiger partial charge < -0.3 is 15.1 Å². The zero-order valence-electron chi connectivity index (χ0n) is 14.4. The molecular weight excluding hydrogens is 333 g/mol. The summed E-state index contributed by atoms with van der Waals surface area (Å²) >= 11 is 0. The molecule has 136 valence electrons. The summed E-state index contributed by atoms with van der Waals surface area (Å²) < 4.78 is 13.1. The van der Waals surface area contributed by atoms with Crippen molar-refractivity contribution in [3.8, 4) is 11.1 Å². The second-order valence-corrected chi connectivity index (χ2v) is 7.42. The maximum atomic E-state index is 13.1. The number of likely N-dealkylation sites (tertiary alicyclic amines) is 1. The molecule has 2 aliphatic rings. The number of rotatable bonds is 2. The molecule has 4 atom stereocenters. The van der Waals surface area contributed by atoms with Crippen LogP contribution in [0.4, 0.5) is 4.39 Å². The van der Waals surface area contributed by atoms with Gasteiger partial charge in [-0.25, -0.2) is 4.39 Å². The van der Waals surface area contributed by atoms with Crippen molar-refractivity contribution in [3.63, 3.8) is 0 Å². The van der Waals surface area contributed by atoms with Gasteiger partial charge in [0.05, 0.1) is 12.2 Å². The lowest BCUT2D eigenvalue weighted by molar-refractivity contribution is -0.0372. The van der Waals surface area contributed by atoms with Crippen molar-refractivity contribution >= 4 is 5.91 Å². The van der Waals surface area contributed by atoms with Crippen LogP contribution in [0.5, 0.6) is 0 Å². The molecule has 1 amide bonds. The van der Waals surface area contributed by atoms with Crippen molar-refractivity contribution in [2.45, 2.75) is 25.0 Å². The summed E-state index contributed by atoms with van der Waals surface area (Å²) in [7, 11) is 0. The molecule has 1 aliphatic carbocycles. The number of hydrogen-bond donors (Lipinski definition) is 2. The van der Waals surface area contributed by atoms with E-state index in [1.807, 2.05) is 23.1 Å². The summed E-state index contributed by atoms with van der Waals surface area (Å²) in [6.45, 7) is 1.24. The molecular formula is C21H22FNO3. The third-order valence-electron chi connectivity index (χ3n) is 5.68. The molecule has 0 aromatic heterocycles. The Morgan fingerprint density at radius 3 is 2.15 bits per heavy atom. The molecule has 4 nitrogen and oxygen atoms in total. The van der Waals surface area contributed by atoms with Crippen LogP contribution in [-0.2, 0) is 0 Å². The van der Waals surface area contributed by atoms with Crippen LogP contribution < -0.4 is 0 Å². The zero-order valence-corrected chi connectivity index (χ0v) is 14.4. The topological polar surface area (TPSA) is 60.8 Å². The fourth-order valence-corrected chi connectivity index (χ4v) is 4.23. The van der Waals surface area contributed by atoms with Crippen LogP contribution in [-0.4, -0.2) is 46.3 Å². The molecule has 1 saturated carbocycles. The fourth-order valence-electron chi connectivity index (χ4n) is 4.23. The maximum absolute atomic E-state index is 13.1. The Morgan fingerprint density at radius 2 is 1.54 bits per heavy atom. The number of amides is 1. The first-order chi connectivity index (χ1) is 12.5. The van der Waals surface area contributed by atoms with Gasteiger partial charge in [0.25, 0.3) is 5.91 Å². The molecule has 0 radical (unpaired) electrons. The summed E-state index contributed by atoms with van der Waals surface area (Å²) in [4.78, 5) is 14.8. The summed E-state index contributed by atoms with van der Waals surface area (Å²) in [5, 5.41) is 19.7. The molecule has 26 heavy (non-hydrogen) atoms. The van der Waals surface area contributed by atoms with E-state index in [-0.39, 0.29) is 23.6 Å². The first-order valence-electron chi connectivity index (χ1n) is 9.02. The number of carbonyl (C=O) groups excluding carboxylic acids is 1. The van der Waals surface area contributed by atoms with E-state index in [1.165, 1.54) is 12.1 Å². The highest BCUT2D eigenvalue weighted by Crippen LogP contribution is 2.37. The van der Waals surface area contributed by atoms with Crippen LogP contribution in [0.3, 0.4) is 0 Å². The first-order valence-corrected chi connectivity index (χ1v) is 9.02. The highest BCUT2D eigenvalue weighted by Gasteiger charge is 2.42. The molecule has 1 saturated heterocycles. The lowest BCUT2D eigenvalue weighted by Gasteiger charge is -2.31. The fraction of sp³-hybridized carbons (Fsp3) is 0.381. The van der Waals surface area contributed by atoms with E-state index >= 15 is 0 Å². The van der Waals surface area contributed by atoms with E-state index in [9.17, 15) is 19.4 Å². The Morgan fingerprint density at radius 1 is 0.923 bits per heavy atom. The quantitative estimate of drug-likeness (QED) is 0.871. The molecule has 1 heterocycles. The standard InChI is InChI=1S/C21H22FNO3/c22-18-6-4-13(5-7-18)14-2-1-3-15(8-14)21(26)23-11-16-9-19(24)20(25)10-17(16)12-23/h1-8,16-17,19-20,24-25H,9-12H2/t16-,17+,19+,20-. The number of aliphatic hydroxyl groups is 2. The minimum atomic E-state index is -0.687. The van der Waals surface area contributed by atoms with Gasteiger partial charge in [-0.2, -0.15) is 0 Å². The van der Waals surface area contributed by atoms with E-state index in [0.29, 0.717) is 31.5 Å². The highest BCUT2D eigenvalue weighted by molar-refractivity contribution is 5.95. The van der Waals surface area contributed by atoms with Crippen molar-refractivity contribution < 1.29 is 19.4 Å². The number of carbonyl (C=O) groups is 1. The lowest BCUT2D eigenvalue weighted by atomic mass is 9.79. The summed E-state index contributed by atoms with van der Waals surface area (Å²) in [6.07, 6.45) is -0.280. The van der Waals surface area contributed by atoms with Gasteiger partial charge >= 0.3 is 0 Å². The second kappa shape index (κ2) is 6.82. The van der Waals surface area contributed by atoms with Gasteiger partial charge in [-0.05, 0) is 60.1 Å². The Bertz CT molecular complexity index is 789. The van der Waals surface area contributed by atoms with Crippen LogP contribution >= 0.6 is 0 Å². The number of benzene rings is 2. The molecule has 2 N–H and O–H groups in total.